The van der Waals surface area contributed by atoms with Gasteiger partial charge < -0.3 is 9.47 Å². The zero-order valence-corrected chi connectivity index (χ0v) is 25.2. The molecule has 2 nitrogen and oxygen atoms in total. The van der Waals surface area contributed by atoms with E-state index in [1.165, 1.54) is 54.5 Å². The standard InChI is InChI=1S/C44H30N2/c1-3-15-35(16-4-1)45(36-17-5-2-6-18-36)42-30-43-44(39-20-10-9-19-38(39)42)40-21-11-12-22-41(40)46(43)37-27-25-32(26-28-37)34-24-23-31-13-7-8-14-33(31)29-34/h1-30H. The first-order valence-electron chi connectivity index (χ1n) is 15.8. The van der Waals surface area contributed by atoms with Crippen LogP contribution < -0.4 is 4.90 Å². The van der Waals surface area contributed by atoms with E-state index < -0.39 is 0 Å². The predicted octanol–water partition coefficient (Wildman–Crippen LogP) is 12.2. The topological polar surface area (TPSA) is 8.17 Å². The molecule has 0 saturated heterocycles. The van der Waals surface area contributed by atoms with E-state index in [9.17, 15) is 0 Å². The van der Waals surface area contributed by atoms with Crippen molar-refractivity contribution in [3.8, 4) is 16.8 Å². The lowest BCUT2D eigenvalue weighted by molar-refractivity contribution is 1.18. The summed E-state index contributed by atoms with van der Waals surface area (Å²) in [6.07, 6.45) is 0. The largest absolute Gasteiger partial charge is 0.310 e. The van der Waals surface area contributed by atoms with Gasteiger partial charge in [0.05, 0.1) is 16.7 Å². The number of hydrogen-bond acceptors (Lipinski definition) is 1. The fraction of sp³-hybridized carbons (Fsp3) is 0. The number of para-hydroxylation sites is 3. The molecular formula is C44H30N2. The summed E-state index contributed by atoms with van der Waals surface area (Å²) >= 11 is 0. The Morgan fingerprint density at radius 3 is 1.65 bits per heavy atom. The van der Waals surface area contributed by atoms with Crippen LogP contribution in [0.5, 0.6) is 0 Å². The van der Waals surface area contributed by atoms with Crippen LogP contribution in [-0.2, 0) is 0 Å². The SMILES string of the molecule is c1ccc(N(c2ccccc2)c2cc3c(c4ccccc24)c2ccccc2n3-c2ccc(-c3ccc4ccccc4c3)cc2)cc1. The summed E-state index contributed by atoms with van der Waals surface area (Å²) < 4.78 is 2.43. The Labute approximate surface area is 268 Å². The lowest BCUT2D eigenvalue weighted by Gasteiger charge is -2.27. The second kappa shape index (κ2) is 10.8. The minimum Gasteiger partial charge on any atom is -0.310 e. The Bertz CT molecular complexity index is 2470. The van der Waals surface area contributed by atoms with Gasteiger partial charge in [-0.1, -0.05) is 127 Å². The number of benzene rings is 8. The molecule has 9 aromatic rings. The van der Waals surface area contributed by atoms with Crippen LogP contribution in [-0.4, -0.2) is 4.57 Å². The highest BCUT2D eigenvalue weighted by Crippen LogP contribution is 2.45. The first-order chi connectivity index (χ1) is 22.8. The summed E-state index contributed by atoms with van der Waals surface area (Å²) in [5.74, 6) is 0. The van der Waals surface area contributed by atoms with Gasteiger partial charge in [-0.15, -0.1) is 0 Å². The highest BCUT2D eigenvalue weighted by atomic mass is 15.1. The average Bonchev–Trinajstić information content (AvgIpc) is 3.47. The number of fused-ring (bicyclic) bond motifs is 6. The number of aromatic nitrogens is 1. The van der Waals surface area contributed by atoms with Gasteiger partial charge in [-0.3, -0.25) is 0 Å². The first-order valence-corrected chi connectivity index (χ1v) is 15.8. The maximum absolute atomic E-state index is 2.43. The highest BCUT2D eigenvalue weighted by molar-refractivity contribution is 6.24. The summed E-state index contributed by atoms with van der Waals surface area (Å²) in [5, 5.41) is 7.51. The second-order valence-electron chi connectivity index (χ2n) is 11.8. The predicted molar refractivity (Wildman–Crippen MR) is 196 cm³/mol. The van der Waals surface area contributed by atoms with E-state index >= 15 is 0 Å². The molecule has 0 unspecified atom stereocenters. The highest BCUT2D eigenvalue weighted by Gasteiger charge is 2.21. The number of anilines is 3. The summed E-state index contributed by atoms with van der Waals surface area (Å²) in [4.78, 5) is 2.38. The summed E-state index contributed by atoms with van der Waals surface area (Å²) in [6.45, 7) is 0. The van der Waals surface area contributed by atoms with Gasteiger partial charge in [0.15, 0.2) is 0 Å². The van der Waals surface area contributed by atoms with Gasteiger partial charge in [-0.2, -0.15) is 0 Å². The zero-order valence-electron chi connectivity index (χ0n) is 25.2. The Morgan fingerprint density at radius 1 is 0.370 bits per heavy atom. The van der Waals surface area contributed by atoms with Crippen molar-refractivity contribution in [1.82, 2.24) is 4.57 Å². The van der Waals surface area contributed by atoms with Gasteiger partial charge in [0.1, 0.15) is 0 Å². The number of rotatable bonds is 5. The molecule has 1 aromatic heterocycles. The molecule has 9 rings (SSSR count). The quantitative estimate of drug-likeness (QED) is 0.195. The Hall–Kier alpha value is -6.12. The third-order valence-corrected chi connectivity index (χ3v) is 9.14. The van der Waals surface area contributed by atoms with E-state index in [1.54, 1.807) is 0 Å². The van der Waals surface area contributed by atoms with Crippen LogP contribution in [0.3, 0.4) is 0 Å². The molecule has 0 atom stereocenters. The molecular weight excluding hydrogens is 556 g/mol. The minimum atomic E-state index is 1.13. The minimum absolute atomic E-state index is 1.13. The molecule has 0 amide bonds. The first kappa shape index (κ1) is 26.3. The maximum atomic E-state index is 2.43. The molecule has 216 valence electrons. The van der Waals surface area contributed by atoms with E-state index in [2.05, 4.69) is 191 Å². The molecule has 0 aliphatic carbocycles. The molecule has 0 aliphatic heterocycles. The Morgan fingerprint density at radius 2 is 0.935 bits per heavy atom. The van der Waals surface area contributed by atoms with Gasteiger partial charge in [0, 0.05) is 33.2 Å². The van der Waals surface area contributed by atoms with Crippen LogP contribution in [0, 0.1) is 0 Å². The number of hydrogen-bond donors (Lipinski definition) is 0. The summed E-state index contributed by atoms with van der Waals surface area (Å²) in [6, 6.07) is 65.7. The van der Waals surface area contributed by atoms with Gasteiger partial charge in [0.2, 0.25) is 0 Å². The van der Waals surface area contributed by atoms with Crippen molar-refractivity contribution in [2.24, 2.45) is 0 Å². The molecule has 0 aliphatic rings. The molecule has 0 fully saturated rings. The lowest BCUT2D eigenvalue weighted by atomic mass is 10.0. The number of nitrogens with zero attached hydrogens (tertiary/aromatic N) is 2. The lowest BCUT2D eigenvalue weighted by Crippen LogP contribution is -2.10. The van der Waals surface area contributed by atoms with Crippen molar-refractivity contribution in [1.29, 1.82) is 0 Å². The molecule has 0 radical (unpaired) electrons. The fourth-order valence-corrected chi connectivity index (χ4v) is 7.03. The van der Waals surface area contributed by atoms with E-state index in [0.29, 0.717) is 0 Å². The molecule has 1 heterocycles. The van der Waals surface area contributed by atoms with E-state index in [-0.39, 0.29) is 0 Å². The Balaban J connectivity index is 1.30. The summed E-state index contributed by atoms with van der Waals surface area (Å²) in [5.41, 5.74) is 9.36. The van der Waals surface area contributed by atoms with Crippen LogP contribution in [0.25, 0.3) is 60.2 Å². The molecule has 2 heteroatoms. The molecule has 0 N–H and O–H groups in total. The van der Waals surface area contributed by atoms with Crippen molar-refractivity contribution in [3.05, 3.63) is 182 Å². The molecule has 46 heavy (non-hydrogen) atoms. The van der Waals surface area contributed by atoms with Crippen molar-refractivity contribution in [2.75, 3.05) is 4.90 Å². The molecule has 0 spiro atoms. The van der Waals surface area contributed by atoms with Crippen LogP contribution in [0.4, 0.5) is 17.1 Å². The van der Waals surface area contributed by atoms with Crippen LogP contribution in [0.15, 0.2) is 182 Å². The molecule has 0 saturated carbocycles. The van der Waals surface area contributed by atoms with Crippen molar-refractivity contribution in [3.63, 3.8) is 0 Å². The smallest absolute Gasteiger partial charge is 0.0568 e. The monoisotopic (exact) mass is 586 g/mol. The third-order valence-electron chi connectivity index (χ3n) is 9.14. The average molecular weight is 587 g/mol. The van der Waals surface area contributed by atoms with Crippen LogP contribution in [0.1, 0.15) is 0 Å². The van der Waals surface area contributed by atoms with Crippen LogP contribution >= 0.6 is 0 Å². The van der Waals surface area contributed by atoms with Gasteiger partial charge >= 0.3 is 0 Å². The van der Waals surface area contributed by atoms with E-state index in [0.717, 1.165) is 22.7 Å². The summed E-state index contributed by atoms with van der Waals surface area (Å²) in [7, 11) is 0. The molecule has 8 aromatic carbocycles. The van der Waals surface area contributed by atoms with E-state index in [1.807, 2.05) is 0 Å². The van der Waals surface area contributed by atoms with Crippen molar-refractivity contribution >= 4 is 60.4 Å². The van der Waals surface area contributed by atoms with Gasteiger partial charge in [-0.05, 0) is 81.9 Å². The third kappa shape index (κ3) is 4.27. The maximum Gasteiger partial charge on any atom is 0.0568 e. The van der Waals surface area contributed by atoms with E-state index in [4.69, 9.17) is 0 Å². The fourth-order valence-electron chi connectivity index (χ4n) is 7.03. The normalized spacial score (nSPS) is 11.5. The van der Waals surface area contributed by atoms with Gasteiger partial charge in [0.25, 0.3) is 0 Å². The zero-order chi connectivity index (χ0) is 30.5. The van der Waals surface area contributed by atoms with Crippen molar-refractivity contribution in [2.45, 2.75) is 0 Å². The Kier molecular flexibility index (Phi) is 6.17. The molecule has 0 bridgehead atoms. The van der Waals surface area contributed by atoms with Crippen molar-refractivity contribution < 1.29 is 0 Å². The second-order valence-corrected chi connectivity index (χ2v) is 11.8. The van der Waals surface area contributed by atoms with Gasteiger partial charge in [-0.25, -0.2) is 0 Å². The van der Waals surface area contributed by atoms with Crippen LogP contribution in [0.2, 0.25) is 0 Å².